The lowest BCUT2D eigenvalue weighted by Gasteiger charge is -2.43. The fourth-order valence-electron chi connectivity index (χ4n) is 4.06. The Morgan fingerprint density at radius 1 is 1.21 bits per heavy atom. The topological polar surface area (TPSA) is 168 Å². The summed E-state index contributed by atoms with van der Waals surface area (Å²) in [6.07, 6.45) is -2.96. The van der Waals surface area contributed by atoms with E-state index in [1.165, 1.54) is 0 Å². The standard InChI is InChI=1S/C22H30FN3O8/c1-2-3-4-8-11-17(23)26(33)21(31)18(28)16(13-27)34-22(21,32)25-12-15(19(29)24-20(25)30)14-9-6-5-7-10-14/h5-7,9-10,12,16-18,27-28,31-33H,2-4,8,11,13H2,1H3,(H,24,29,30)/t16-,17?,18-,21-,22-/m1/s1. The number of aliphatic hydroxyl groups is 4. The number of nitrogens with one attached hydrogen (secondary N) is 1. The largest absolute Gasteiger partial charge is 0.394 e. The van der Waals surface area contributed by atoms with Crippen LogP contribution in [-0.2, 0) is 10.6 Å². The zero-order chi connectivity index (χ0) is 25.1. The van der Waals surface area contributed by atoms with Gasteiger partial charge in [-0.3, -0.25) is 9.78 Å². The number of benzene rings is 1. The molecule has 34 heavy (non-hydrogen) atoms. The maximum absolute atomic E-state index is 14.9. The van der Waals surface area contributed by atoms with Crippen LogP contribution in [0.3, 0.4) is 0 Å². The Bertz CT molecular complexity index is 1080. The van der Waals surface area contributed by atoms with Crippen LogP contribution in [0.4, 0.5) is 4.39 Å². The van der Waals surface area contributed by atoms with E-state index < -0.39 is 48.0 Å². The van der Waals surface area contributed by atoms with E-state index in [0.29, 0.717) is 23.0 Å². The minimum Gasteiger partial charge on any atom is -0.394 e. The molecular weight excluding hydrogens is 453 g/mol. The molecule has 0 saturated carbocycles. The van der Waals surface area contributed by atoms with Crippen LogP contribution >= 0.6 is 0 Å². The quantitative estimate of drug-likeness (QED) is 0.120. The number of hydrogen-bond donors (Lipinski definition) is 6. The molecule has 1 aromatic carbocycles. The fraction of sp³-hybridized carbons (Fsp3) is 0.545. The molecule has 0 radical (unpaired) electrons. The van der Waals surface area contributed by atoms with Gasteiger partial charge in [-0.25, -0.2) is 13.8 Å². The Balaban J connectivity index is 2.09. The number of aromatic amines is 1. The van der Waals surface area contributed by atoms with Crippen LogP contribution in [0.25, 0.3) is 11.1 Å². The summed E-state index contributed by atoms with van der Waals surface area (Å²) < 4.78 is 20.5. The lowest BCUT2D eigenvalue weighted by atomic mass is 9.99. The van der Waals surface area contributed by atoms with E-state index in [9.17, 15) is 39.6 Å². The van der Waals surface area contributed by atoms with Gasteiger partial charge in [0.15, 0.2) is 6.30 Å². The number of rotatable bonds is 10. The van der Waals surface area contributed by atoms with Crippen LogP contribution in [0, 0.1) is 0 Å². The van der Waals surface area contributed by atoms with Gasteiger partial charge in [-0.2, -0.15) is 0 Å². The zero-order valence-corrected chi connectivity index (χ0v) is 18.7. The van der Waals surface area contributed by atoms with Crippen LogP contribution < -0.4 is 11.2 Å². The van der Waals surface area contributed by atoms with E-state index in [4.69, 9.17) is 4.74 Å². The molecule has 6 N–H and O–H groups in total. The Labute approximate surface area is 194 Å². The van der Waals surface area contributed by atoms with Gasteiger partial charge in [-0.15, -0.1) is 5.06 Å². The van der Waals surface area contributed by atoms with Crippen LogP contribution in [-0.4, -0.2) is 71.1 Å². The minimum atomic E-state index is -3.33. The van der Waals surface area contributed by atoms with Gasteiger partial charge < -0.3 is 30.4 Å². The monoisotopic (exact) mass is 483 g/mol. The number of ether oxygens (including phenoxy) is 1. The van der Waals surface area contributed by atoms with Crippen molar-refractivity contribution in [3.05, 3.63) is 57.4 Å². The van der Waals surface area contributed by atoms with Crippen molar-refractivity contribution in [2.45, 2.75) is 69.2 Å². The van der Waals surface area contributed by atoms with Crippen molar-refractivity contribution < 1.29 is 34.8 Å². The van der Waals surface area contributed by atoms with Crippen molar-refractivity contribution in [3.63, 3.8) is 0 Å². The Morgan fingerprint density at radius 2 is 1.88 bits per heavy atom. The first-order valence-corrected chi connectivity index (χ1v) is 11.1. The van der Waals surface area contributed by atoms with E-state index in [-0.39, 0.29) is 17.0 Å². The Morgan fingerprint density at radius 3 is 2.50 bits per heavy atom. The number of aliphatic hydroxyl groups excluding tert-OH is 2. The number of nitrogens with zero attached hydrogens (tertiary/aromatic N) is 2. The second kappa shape index (κ2) is 10.4. The van der Waals surface area contributed by atoms with Crippen molar-refractivity contribution in [2.75, 3.05) is 6.61 Å². The van der Waals surface area contributed by atoms with Gasteiger partial charge in [0.25, 0.3) is 5.56 Å². The SMILES string of the molecule is CCCCCCC(F)N(O)[C@@]1(O)[C@H](O)[C@@H](CO)O[C@@]1(O)n1cc(-c2ccccc2)c(=O)[nH]c1=O. The van der Waals surface area contributed by atoms with Crippen molar-refractivity contribution >= 4 is 0 Å². The average Bonchev–Trinajstić information content (AvgIpc) is 3.03. The predicted molar refractivity (Wildman–Crippen MR) is 117 cm³/mol. The molecule has 3 rings (SSSR count). The van der Waals surface area contributed by atoms with Gasteiger partial charge in [0.1, 0.15) is 12.2 Å². The third-order valence-electron chi connectivity index (χ3n) is 6.00. The molecule has 1 aromatic heterocycles. The summed E-state index contributed by atoms with van der Waals surface area (Å²) in [5.74, 6) is -3.30. The van der Waals surface area contributed by atoms with Gasteiger partial charge in [0, 0.05) is 6.20 Å². The van der Waals surface area contributed by atoms with Crippen molar-refractivity contribution in [2.24, 2.45) is 0 Å². The normalized spacial score (nSPS) is 27.9. The third kappa shape index (κ3) is 4.45. The molecule has 1 fully saturated rings. The molecule has 0 spiro atoms. The predicted octanol–water partition coefficient (Wildman–Crippen LogP) is 0.204. The van der Waals surface area contributed by atoms with E-state index in [0.717, 1.165) is 19.0 Å². The maximum atomic E-state index is 14.9. The summed E-state index contributed by atoms with van der Waals surface area (Å²) in [5.41, 5.74) is -5.22. The molecule has 0 amide bonds. The van der Waals surface area contributed by atoms with Crippen molar-refractivity contribution in [3.8, 4) is 11.1 Å². The van der Waals surface area contributed by atoms with Crippen LogP contribution in [0.15, 0.2) is 46.1 Å². The van der Waals surface area contributed by atoms with E-state index >= 15 is 0 Å². The summed E-state index contributed by atoms with van der Waals surface area (Å²) in [5, 5.41) is 53.1. The molecule has 11 nitrogen and oxygen atoms in total. The highest BCUT2D eigenvalue weighted by atomic mass is 19.1. The number of alkyl halides is 1. The second-order valence-electron chi connectivity index (χ2n) is 8.28. The molecule has 188 valence electrons. The average molecular weight is 483 g/mol. The van der Waals surface area contributed by atoms with Gasteiger partial charge in [-0.05, 0) is 18.4 Å². The summed E-state index contributed by atoms with van der Waals surface area (Å²) in [6, 6.07) is 8.02. The van der Waals surface area contributed by atoms with Crippen LogP contribution in [0.1, 0.15) is 39.0 Å². The highest BCUT2D eigenvalue weighted by Gasteiger charge is 2.71. The van der Waals surface area contributed by atoms with Gasteiger partial charge >= 0.3 is 11.6 Å². The molecule has 2 aromatic rings. The minimum absolute atomic E-state index is 0.123. The highest BCUT2D eigenvalue weighted by Crippen LogP contribution is 2.44. The Kier molecular flexibility index (Phi) is 8.03. The van der Waals surface area contributed by atoms with Crippen molar-refractivity contribution in [1.82, 2.24) is 14.6 Å². The summed E-state index contributed by atoms with van der Waals surface area (Å²) in [7, 11) is 0. The first-order valence-electron chi connectivity index (χ1n) is 11.1. The summed E-state index contributed by atoms with van der Waals surface area (Å²) in [6.45, 7) is 1.01. The molecule has 1 aliphatic rings. The lowest BCUT2D eigenvalue weighted by molar-refractivity contribution is -0.428. The molecule has 1 saturated heterocycles. The second-order valence-corrected chi connectivity index (χ2v) is 8.28. The van der Waals surface area contributed by atoms with E-state index in [1.807, 2.05) is 11.9 Å². The number of unbranched alkanes of at least 4 members (excludes halogenated alkanes) is 3. The van der Waals surface area contributed by atoms with Gasteiger partial charge in [-0.1, -0.05) is 56.5 Å². The highest BCUT2D eigenvalue weighted by molar-refractivity contribution is 5.61. The maximum Gasteiger partial charge on any atom is 0.332 e. The fourth-order valence-corrected chi connectivity index (χ4v) is 4.06. The summed E-state index contributed by atoms with van der Waals surface area (Å²) >= 11 is 0. The van der Waals surface area contributed by atoms with Gasteiger partial charge in [0.05, 0.1) is 12.2 Å². The number of hydrogen-bond acceptors (Lipinski definition) is 9. The molecule has 2 heterocycles. The van der Waals surface area contributed by atoms with Crippen molar-refractivity contribution in [1.29, 1.82) is 0 Å². The Hall–Kier alpha value is -2.45. The molecule has 0 aliphatic carbocycles. The third-order valence-corrected chi connectivity index (χ3v) is 6.00. The number of aromatic nitrogens is 2. The molecule has 12 heteroatoms. The first kappa shape index (κ1) is 26.2. The molecule has 1 unspecified atom stereocenters. The molecule has 1 aliphatic heterocycles. The summed E-state index contributed by atoms with van der Waals surface area (Å²) in [4.78, 5) is 27.0. The van der Waals surface area contributed by atoms with E-state index in [2.05, 4.69) is 0 Å². The van der Waals surface area contributed by atoms with Crippen LogP contribution in [0.5, 0.6) is 0 Å². The molecule has 0 bridgehead atoms. The van der Waals surface area contributed by atoms with Gasteiger partial charge in [0.2, 0.25) is 5.72 Å². The molecule has 5 atom stereocenters. The zero-order valence-electron chi connectivity index (χ0n) is 18.7. The smallest absolute Gasteiger partial charge is 0.332 e. The number of H-pyrrole nitrogens is 1. The lowest BCUT2D eigenvalue weighted by Crippen LogP contribution is -2.69. The molecular formula is C22H30FN3O8. The van der Waals surface area contributed by atoms with Crippen LogP contribution in [0.2, 0.25) is 0 Å². The van der Waals surface area contributed by atoms with E-state index in [1.54, 1.807) is 30.3 Å². The number of halogens is 1. The number of hydroxylamine groups is 2. The first-order chi connectivity index (χ1) is 16.1.